The molecule has 2 aromatic rings. The van der Waals surface area contributed by atoms with Crippen LogP contribution in [0.2, 0.25) is 0 Å². The molecule has 0 saturated heterocycles. The molecule has 104 valence electrons. The number of ether oxygens (including phenoxy) is 1. The van der Waals surface area contributed by atoms with Crippen molar-refractivity contribution in [2.45, 2.75) is 32.5 Å². The first-order valence-electron chi connectivity index (χ1n) is 6.77. The summed E-state index contributed by atoms with van der Waals surface area (Å²) in [6.45, 7) is 4.09. The highest BCUT2D eigenvalue weighted by molar-refractivity contribution is 9.10. The summed E-state index contributed by atoms with van der Waals surface area (Å²) in [7, 11) is 0. The average molecular weight is 333 g/mol. The van der Waals surface area contributed by atoms with E-state index in [1.165, 1.54) is 5.56 Å². The molecule has 0 saturated carbocycles. The van der Waals surface area contributed by atoms with Crippen LogP contribution in [0.5, 0.6) is 5.75 Å². The van der Waals surface area contributed by atoms with Crippen LogP contribution in [-0.2, 0) is 6.42 Å². The molecule has 3 rings (SSSR count). The van der Waals surface area contributed by atoms with Crippen molar-refractivity contribution in [3.05, 3.63) is 63.1 Å². The number of hydrogen-bond donors (Lipinski definition) is 1. The fraction of sp³-hybridized carbons (Fsp3) is 0.294. The van der Waals surface area contributed by atoms with Crippen LogP contribution in [0, 0.1) is 6.92 Å². The molecule has 1 N–H and O–H groups in total. The van der Waals surface area contributed by atoms with Crippen molar-refractivity contribution in [3.8, 4) is 5.75 Å². The summed E-state index contributed by atoms with van der Waals surface area (Å²) in [5, 5.41) is 10.6. The van der Waals surface area contributed by atoms with Crippen LogP contribution in [0.1, 0.15) is 35.3 Å². The number of hydrogen-bond acceptors (Lipinski definition) is 2. The first-order valence-corrected chi connectivity index (χ1v) is 7.57. The van der Waals surface area contributed by atoms with E-state index in [9.17, 15) is 5.11 Å². The molecule has 0 spiro atoms. The number of halogens is 1. The summed E-state index contributed by atoms with van der Waals surface area (Å²) in [4.78, 5) is 0. The summed E-state index contributed by atoms with van der Waals surface area (Å²) in [5.74, 6) is 0.943. The van der Waals surface area contributed by atoms with Gasteiger partial charge in [0.05, 0.1) is 0 Å². The molecule has 0 aromatic heterocycles. The van der Waals surface area contributed by atoms with Gasteiger partial charge >= 0.3 is 0 Å². The third-order valence-corrected chi connectivity index (χ3v) is 4.07. The lowest BCUT2D eigenvalue weighted by atomic mass is 9.97. The van der Waals surface area contributed by atoms with Crippen molar-refractivity contribution < 1.29 is 9.84 Å². The predicted molar refractivity (Wildman–Crippen MR) is 83.2 cm³/mol. The van der Waals surface area contributed by atoms with Gasteiger partial charge in [-0.15, -0.1) is 0 Å². The molecule has 0 fully saturated rings. The number of aliphatic hydroxyl groups excluding tert-OH is 1. The second-order valence-corrected chi connectivity index (χ2v) is 6.38. The van der Waals surface area contributed by atoms with Gasteiger partial charge in [0.25, 0.3) is 0 Å². The van der Waals surface area contributed by atoms with E-state index in [4.69, 9.17) is 4.74 Å². The Hall–Kier alpha value is -1.32. The Balaban J connectivity index is 1.95. The maximum atomic E-state index is 10.6. The zero-order chi connectivity index (χ0) is 14.3. The normalized spacial score (nSPS) is 18.5. The Labute approximate surface area is 127 Å². The van der Waals surface area contributed by atoms with E-state index in [2.05, 4.69) is 28.9 Å². The molecule has 2 atom stereocenters. The highest BCUT2D eigenvalue weighted by Gasteiger charge is 2.21. The topological polar surface area (TPSA) is 29.5 Å². The minimum atomic E-state index is -0.604. The monoisotopic (exact) mass is 332 g/mol. The van der Waals surface area contributed by atoms with Gasteiger partial charge in [-0.05, 0) is 60.4 Å². The molecule has 1 heterocycles. The quantitative estimate of drug-likeness (QED) is 0.894. The standard InChI is InChI=1S/C17H17BrO2/c1-10-5-14(9-15(18)6-10)17(19)12-3-4-16-13(8-12)7-11(2)20-16/h3-6,8-9,11,17,19H,7H2,1-2H3. The second kappa shape index (κ2) is 5.23. The van der Waals surface area contributed by atoms with E-state index in [0.29, 0.717) is 0 Å². The minimum Gasteiger partial charge on any atom is -0.490 e. The van der Waals surface area contributed by atoms with Gasteiger partial charge < -0.3 is 9.84 Å². The number of aliphatic hydroxyl groups is 1. The van der Waals surface area contributed by atoms with Gasteiger partial charge in [-0.1, -0.05) is 28.1 Å². The molecule has 3 heteroatoms. The van der Waals surface area contributed by atoms with Gasteiger partial charge in [0, 0.05) is 10.9 Å². The average Bonchev–Trinajstić information content (AvgIpc) is 2.75. The highest BCUT2D eigenvalue weighted by Crippen LogP contribution is 2.33. The first-order chi connectivity index (χ1) is 9.52. The largest absolute Gasteiger partial charge is 0.490 e. The van der Waals surface area contributed by atoms with Gasteiger partial charge in [-0.3, -0.25) is 0 Å². The highest BCUT2D eigenvalue weighted by atomic mass is 79.9. The maximum absolute atomic E-state index is 10.6. The van der Waals surface area contributed by atoms with Crippen LogP contribution in [0.4, 0.5) is 0 Å². The van der Waals surface area contributed by atoms with E-state index in [0.717, 1.165) is 33.3 Å². The summed E-state index contributed by atoms with van der Waals surface area (Å²) < 4.78 is 6.69. The fourth-order valence-corrected chi connectivity index (χ4v) is 3.35. The SMILES string of the molecule is Cc1cc(Br)cc(C(O)c2ccc3c(c2)CC(C)O3)c1. The summed E-state index contributed by atoms with van der Waals surface area (Å²) in [6, 6.07) is 12.0. The van der Waals surface area contributed by atoms with Crippen molar-refractivity contribution >= 4 is 15.9 Å². The lowest BCUT2D eigenvalue weighted by molar-refractivity contribution is 0.220. The van der Waals surface area contributed by atoms with Crippen LogP contribution >= 0.6 is 15.9 Å². The molecule has 2 nitrogen and oxygen atoms in total. The van der Waals surface area contributed by atoms with Gasteiger partial charge in [0.2, 0.25) is 0 Å². The predicted octanol–water partition coefficient (Wildman–Crippen LogP) is 4.16. The van der Waals surface area contributed by atoms with Crippen LogP contribution in [0.3, 0.4) is 0 Å². The van der Waals surface area contributed by atoms with Crippen molar-refractivity contribution in [2.24, 2.45) is 0 Å². The zero-order valence-corrected chi connectivity index (χ0v) is 13.1. The van der Waals surface area contributed by atoms with Crippen molar-refractivity contribution in [1.82, 2.24) is 0 Å². The molecule has 0 radical (unpaired) electrons. The van der Waals surface area contributed by atoms with Crippen molar-refractivity contribution in [3.63, 3.8) is 0 Å². The number of rotatable bonds is 2. The molecule has 2 aromatic carbocycles. The molecule has 1 aliphatic heterocycles. The fourth-order valence-electron chi connectivity index (χ4n) is 2.73. The van der Waals surface area contributed by atoms with E-state index in [-0.39, 0.29) is 6.10 Å². The lowest BCUT2D eigenvalue weighted by Crippen LogP contribution is -2.05. The van der Waals surface area contributed by atoms with Gasteiger partial charge in [-0.2, -0.15) is 0 Å². The first kappa shape index (κ1) is 13.7. The van der Waals surface area contributed by atoms with Gasteiger partial charge in [0.15, 0.2) is 0 Å². The number of benzene rings is 2. The van der Waals surface area contributed by atoms with E-state index >= 15 is 0 Å². The zero-order valence-electron chi connectivity index (χ0n) is 11.6. The second-order valence-electron chi connectivity index (χ2n) is 5.46. The molecule has 20 heavy (non-hydrogen) atoms. The Morgan fingerprint density at radius 1 is 1.20 bits per heavy atom. The molecular formula is C17H17BrO2. The molecule has 2 unspecified atom stereocenters. The third-order valence-electron chi connectivity index (χ3n) is 3.62. The van der Waals surface area contributed by atoms with E-state index in [1.54, 1.807) is 0 Å². The van der Waals surface area contributed by atoms with Crippen LogP contribution < -0.4 is 4.74 Å². The Morgan fingerprint density at radius 2 is 2.00 bits per heavy atom. The Kier molecular flexibility index (Phi) is 3.57. The summed E-state index contributed by atoms with van der Waals surface area (Å²) >= 11 is 3.48. The third kappa shape index (κ3) is 2.60. The van der Waals surface area contributed by atoms with Crippen molar-refractivity contribution in [1.29, 1.82) is 0 Å². The maximum Gasteiger partial charge on any atom is 0.123 e. The molecular weight excluding hydrogens is 316 g/mol. The summed E-state index contributed by atoms with van der Waals surface area (Å²) in [5.41, 5.74) is 4.13. The molecule has 0 amide bonds. The number of fused-ring (bicyclic) bond motifs is 1. The molecule has 0 aliphatic carbocycles. The summed E-state index contributed by atoms with van der Waals surface area (Å²) in [6.07, 6.45) is 0.533. The minimum absolute atomic E-state index is 0.227. The lowest BCUT2D eigenvalue weighted by Gasteiger charge is -2.14. The van der Waals surface area contributed by atoms with Gasteiger partial charge in [0.1, 0.15) is 18.0 Å². The van der Waals surface area contributed by atoms with E-state index < -0.39 is 6.10 Å². The smallest absolute Gasteiger partial charge is 0.123 e. The molecule has 0 bridgehead atoms. The Morgan fingerprint density at radius 3 is 2.75 bits per heavy atom. The van der Waals surface area contributed by atoms with Crippen molar-refractivity contribution in [2.75, 3.05) is 0 Å². The van der Waals surface area contributed by atoms with Crippen LogP contribution in [0.15, 0.2) is 40.9 Å². The van der Waals surface area contributed by atoms with Crippen LogP contribution in [0.25, 0.3) is 0 Å². The van der Waals surface area contributed by atoms with Gasteiger partial charge in [-0.25, -0.2) is 0 Å². The molecule has 1 aliphatic rings. The number of aryl methyl sites for hydroxylation is 1. The van der Waals surface area contributed by atoms with E-state index in [1.807, 2.05) is 37.3 Å². The van der Waals surface area contributed by atoms with Crippen LogP contribution in [-0.4, -0.2) is 11.2 Å². The Bertz CT molecular complexity index is 631.